The van der Waals surface area contributed by atoms with Gasteiger partial charge in [-0.1, -0.05) is 39.3 Å². The van der Waals surface area contributed by atoms with Crippen LogP contribution in [0, 0.1) is 0 Å². The van der Waals surface area contributed by atoms with Crippen LogP contribution in [0.3, 0.4) is 0 Å². The molecule has 13 heavy (non-hydrogen) atoms. The number of rotatable bonds is 4. The third-order valence-electron chi connectivity index (χ3n) is 1.47. The third kappa shape index (κ3) is 5.54. The predicted molar refractivity (Wildman–Crippen MR) is 63.1 cm³/mol. The summed E-state index contributed by atoms with van der Waals surface area (Å²) in [5.41, 5.74) is 0. The van der Waals surface area contributed by atoms with E-state index in [9.17, 15) is 9.90 Å². The van der Waals surface area contributed by atoms with Gasteiger partial charge in [-0.3, -0.25) is 0 Å². The average Bonchev–Trinajstić information content (AvgIpc) is 1.77. The molecule has 0 amide bonds. The van der Waals surface area contributed by atoms with Gasteiger partial charge in [-0.05, 0) is 0 Å². The fraction of sp³-hybridized carbons (Fsp3) is 0.875. The molecule has 0 saturated heterocycles. The summed E-state index contributed by atoms with van der Waals surface area (Å²) in [6.45, 7) is 12.8. The summed E-state index contributed by atoms with van der Waals surface area (Å²) in [6, 6.07) is 0. The molecule has 78 valence electrons. The molecule has 0 spiro atoms. The molecule has 1 atom stereocenters. The van der Waals surface area contributed by atoms with Crippen molar-refractivity contribution in [1.29, 1.82) is 0 Å². The molecule has 0 bridgehead atoms. The molecule has 0 fully saturated rings. The van der Waals surface area contributed by atoms with Crippen molar-refractivity contribution in [1.82, 2.24) is 0 Å². The average molecular weight is 235 g/mol. The Morgan fingerprint density at radius 1 is 1.15 bits per heavy atom. The summed E-state index contributed by atoms with van der Waals surface area (Å²) in [5.74, 6) is -0.869. The van der Waals surface area contributed by atoms with Gasteiger partial charge in [-0.2, -0.15) is 11.2 Å². The number of carboxylic acid groups (broad SMARTS) is 1. The monoisotopic (exact) mass is 235 g/mol. The fourth-order valence-electron chi connectivity index (χ4n) is 0.932. The molecular formula is C8H19O2SSi2-. The molecule has 0 aromatic carbocycles. The van der Waals surface area contributed by atoms with Crippen LogP contribution in [0.15, 0.2) is 0 Å². The van der Waals surface area contributed by atoms with Gasteiger partial charge in [-0.25, -0.2) is 0 Å². The van der Waals surface area contributed by atoms with Crippen LogP contribution in [-0.4, -0.2) is 26.1 Å². The SMILES string of the molecule is C[Si](C)(C)SC(C(=O)[O-])[Si](C)(C)C. The third-order valence-corrected chi connectivity index (χ3v) is 10.4. The van der Waals surface area contributed by atoms with Gasteiger partial charge in [0.1, 0.15) is 7.22 Å². The molecule has 0 aliphatic carbocycles. The van der Waals surface area contributed by atoms with Crippen molar-refractivity contribution in [3.8, 4) is 0 Å². The predicted octanol–water partition coefficient (Wildman–Crippen LogP) is 1.55. The Morgan fingerprint density at radius 2 is 1.54 bits per heavy atom. The molecule has 2 nitrogen and oxygen atoms in total. The molecule has 0 aromatic rings. The van der Waals surface area contributed by atoms with Crippen molar-refractivity contribution in [2.24, 2.45) is 0 Å². The van der Waals surface area contributed by atoms with Gasteiger partial charge in [-0.15, -0.1) is 0 Å². The highest BCUT2D eigenvalue weighted by molar-refractivity contribution is 8.30. The topological polar surface area (TPSA) is 40.1 Å². The zero-order valence-electron chi connectivity index (χ0n) is 9.30. The first-order valence-corrected chi connectivity index (χ1v) is 13.1. The number of hydrogen-bond donors (Lipinski definition) is 0. The maximum atomic E-state index is 10.9. The molecule has 5 heteroatoms. The minimum atomic E-state index is -1.62. The Balaban J connectivity index is 4.56. The lowest BCUT2D eigenvalue weighted by atomic mass is 10.8. The van der Waals surface area contributed by atoms with E-state index < -0.39 is 21.3 Å². The lowest BCUT2D eigenvalue weighted by Gasteiger charge is -2.33. The first-order valence-electron chi connectivity index (χ1n) is 4.43. The van der Waals surface area contributed by atoms with Gasteiger partial charge in [0.05, 0.1) is 14.0 Å². The first-order chi connectivity index (χ1) is 5.54. The van der Waals surface area contributed by atoms with Crippen LogP contribution in [0.5, 0.6) is 0 Å². The van der Waals surface area contributed by atoms with Crippen molar-refractivity contribution in [3.63, 3.8) is 0 Å². The zero-order valence-corrected chi connectivity index (χ0v) is 12.1. The fourth-order valence-corrected chi connectivity index (χ4v) is 12.6. The van der Waals surface area contributed by atoms with E-state index >= 15 is 0 Å². The molecule has 1 unspecified atom stereocenters. The standard InChI is InChI=1S/C8H20O2SSi2/c1-12(2,3)8(7(9)10)11-13(4,5)6/h8H,1-6H3,(H,9,10)/p-1. The van der Waals surface area contributed by atoms with Crippen LogP contribution < -0.4 is 5.11 Å². The molecule has 0 aliphatic heterocycles. The van der Waals surface area contributed by atoms with E-state index in [2.05, 4.69) is 39.3 Å². The van der Waals surface area contributed by atoms with Crippen LogP contribution in [-0.2, 0) is 4.79 Å². The maximum absolute atomic E-state index is 10.9. The van der Waals surface area contributed by atoms with Crippen LogP contribution in [0.1, 0.15) is 0 Å². The number of hydrogen-bond acceptors (Lipinski definition) is 3. The smallest absolute Gasteiger partial charge is 0.108 e. The number of carboxylic acids is 1. The van der Waals surface area contributed by atoms with E-state index in [1.165, 1.54) is 0 Å². The van der Waals surface area contributed by atoms with Crippen molar-refractivity contribution in [2.45, 2.75) is 44.2 Å². The largest absolute Gasteiger partial charge is 0.549 e. The van der Waals surface area contributed by atoms with Gasteiger partial charge >= 0.3 is 0 Å². The zero-order chi connectivity index (χ0) is 10.9. The summed E-state index contributed by atoms with van der Waals surface area (Å²) in [6.07, 6.45) is 0. The lowest BCUT2D eigenvalue weighted by Crippen LogP contribution is -2.50. The van der Waals surface area contributed by atoms with E-state index in [0.29, 0.717) is 0 Å². The Labute approximate surface area is 86.8 Å². The second-order valence-electron chi connectivity index (χ2n) is 5.30. The van der Waals surface area contributed by atoms with E-state index in [4.69, 9.17) is 0 Å². The maximum Gasteiger partial charge on any atom is 0.108 e. The normalized spacial score (nSPS) is 15.5. The van der Waals surface area contributed by atoms with Gasteiger partial charge in [0, 0.05) is 4.87 Å². The molecule has 0 aromatic heterocycles. The molecule has 0 aliphatic rings. The Bertz CT molecular complexity index is 193. The molecule has 0 heterocycles. The Hall–Kier alpha value is 0.254. The van der Waals surface area contributed by atoms with Crippen LogP contribution in [0.2, 0.25) is 39.3 Å². The summed E-state index contributed by atoms with van der Waals surface area (Å²) >= 11 is 1.66. The summed E-state index contributed by atoms with van der Waals surface area (Å²) in [5, 5.41) is 10.9. The second-order valence-corrected chi connectivity index (χ2v) is 20.3. The van der Waals surface area contributed by atoms with Gasteiger partial charge in [0.25, 0.3) is 0 Å². The summed E-state index contributed by atoms with van der Waals surface area (Å²) in [4.78, 5) is 10.7. The van der Waals surface area contributed by atoms with Crippen molar-refractivity contribution in [3.05, 3.63) is 0 Å². The summed E-state index contributed by atoms with van der Waals surface area (Å²) < 4.78 is 0. The highest BCUT2D eigenvalue weighted by Gasteiger charge is 2.32. The van der Waals surface area contributed by atoms with Gasteiger partial charge in [0.2, 0.25) is 0 Å². The van der Waals surface area contributed by atoms with E-state index in [-0.39, 0.29) is 4.87 Å². The molecule has 0 N–H and O–H groups in total. The van der Waals surface area contributed by atoms with Crippen LogP contribution >= 0.6 is 11.2 Å². The molecule has 0 rings (SSSR count). The molecular weight excluding hydrogens is 216 g/mol. The van der Waals surface area contributed by atoms with E-state index in [1.807, 2.05) is 0 Å². The molecule has 0 saturated carbocycles. The number of aliphatic carboxylic acids is 1. The van der Waals surface area contributed by atoms with E-state index in [1.54, 1.807) is 11.2 Å². The lowest BCUT2D eigenvalue weighted by molar-refractivity contribution is -0.302. The van der Waals surface area contributed by atoms with Crippen LogP contribution in [0.25, 0.3) is 0 Å². The van der Waals surface area contributed by atoms with E-state index in [0.717, 1.165) is 0 Å². The quantitative estimate of drug-likeness (QED) is 0.694. The Morgan fingerprint density at radius 3 is 1.62 bits per heavy atom. The first kappa shape index (κ1) is 13.3. The van der Waals surface area contributed by atoms with Gasteiger partial charge in [0.15, 0.2) is 0 Å². The summed E-state index contributed by atoms with van der Waals surface area (Å²) in [7, 11) is -2.99. The van der Waals surface area contributed by atoms with Gasteiger partial charge < -0.3 is 9.90 Å². The minimum Gasteiger partial charge on any atom is -0.549 e. The Kier molecular flexibility index (Phi) is 4.27. The molecule has 0 radical (unpaired) electrons. The highest BCUT2D eigenvalue weighted by atomic mass is 32.4. The number of carbonyl (C=O) groups excluding carboxylic acids is 1. The van der Waals surface area contributed by atoms with Crippen LogP contribution in [0.4, 0.5) is 0 Å². The van der Waals surface area contributed by atoms with Crippen molar-refractivity contribution < 1.29 is 9.90 Å². The number of carbonyl (C=O) groups is 1. The second kappa shape index (κ2) is 4.19. The minimum absolute atomic E-state index is 0.251. The van der Waals surface area contributed by atoms with Crippen molar-refractivity contribution in [2.75, 3.05) is 0 Å². The highest BCUT2D eigenvalue weighted by Crippen LogP contribution is 2.30. The van der Waals surface area contributed by atoms with Crippen molar-refractivity contribution >= 4 is 32.5 Å².